The zero-order valence-corrected chi connectivity index (χ0v) is 12.7. The topological polar surface area (TPSA) is 75.0 Å². The second-order valence-electron chi connectivity index (χ2n) is 6.54. The molecule has 5 nitrogen and oxygen atoms in total. The first kappa shape index (κ1) is 13.8. The Hall–Kier alpha value is -1.88. The van der Waals surface area contributed by atoms with Crippen LogP contribution in [0.1, 0.15) is 54.2 Å². The fraction of sp³-hybridized carbons (Fsp3) is 0.529. The first-order valence-electron chi connectivity index (χ1n) is 8.26. The normalized spacial score (nSPS) is 26.0. The van der Waals surface area contributed by atoms with Gasteiger partial charge in [0.1, 0.15) is 11.3 Å². The number of primary amides is 1. The van der Waals surface area contributed by atoms with Crippen LogP contribution in [0.4, 0.5) is 0 Å². The maximum Gasteiger partial charge on any atom is 0.250 e. The van der Waals surface area contributed by atoms with Gasteiger partial charge in [-0.25, -0.2) is 4.98 Å². The van der Waals surface area contributed by atoms with Crippen LogP contribution in [0.25, 0.3) is 11.0 Å². The molecule has 2 aromatic rings. The monoisotopic (exact) mass is 298 g/mol. The van der Waals surface area contributed by atoms with E-state index in [9.17, 15) is 4.79 Å². The van der Waals surface area contributed by atoms with Crippen LogP contribution in [0.15, 0.2) is 18.2 Å². The lowest BCUT2D eigenvalue weighted by Gasteiger charge is -2.43. The van der Waals surface area contributed by atoms with E-state index in [1.807, 2.05) is 12.1 Å². The van der Waals surface area contributed by atoms with Gasteiger partial charge in [0.05, 0.1) is 11.1 Å². The number of nitrogens with zero attached hydrogens (tertiary/aromatic N) is 2. The summed E-state index contributed by atoms with van der Waals surface area (Å²) in [5.41, 5.74) is 7.62. The van der Waals surface area contributed by atoms with Gasteiger partial charge in [-0.15, -0.1) is 0 Å². The molecule has 1 aromatic heterocycles. The molecule has 0 aliphatic carbocycles. The third-order valence-electron chi connectivity index (χ3n) is 5.24. The molecule has 2 saturated heterocycles. The Morgan fingerprint density at radius 1 is 1.23 bits per heavy atom. The van der Waals surface area contributed by atoms with E-state index in [2.05, 4.69) is 9.88 Å². The number of nitrogens with one attached hydrogen (secondary N) is 1. The number of amides is 1. The van der Waals surface area contributed by atoms with Crippen LogP contribution < -0.4 is 5.73 Å². The van der Waals surface area contributed by atoms with Crippen LogP contribution in [-0.2, 0) is 0 Å². The van der Waals surface area contributed by atoms with Crippen molar-refractivity contribution in [1.82, 2.24) is 14.9 Å². The van der Waals surface area contributed by atoms with Crippen molar-refractivity contribution in [2.45, 2.75) is 44.1 Å². The SMILES string of the molecule is NC(=O)c1cccc2[nH]c(C3CCCN4CCCCC34)nc12. The predicted octanol–water partition coefficient (Wildman–Crippen LogP) is 2.39. The second-order valence-corrected chi connectivity index (χ2v) is 6.54. The summed E-state index contributed by atoms with van der Waals surface area (Å²) in [4.78, 5) is 22.4. The highest BCUT2D eigenvalue weighted by Gasteiger charge is 2.35. The van der Waals surface area contributed by atoms with E-state index in [1.54, 1.807) is 6.07 Å². The van der Waals surface area contributed by atoms with Gasteiger partial charge in [-0.1, -0.05) is 12.5 Å². The van der Waals surface area contributed by atoms with E-state index in [0.29, 0.717) is 17.5 Å². The fourth-order valence-corrected chi connectivity index (χ4v) is 4.20. The van der Waals surface area contributed by atoms with Crippen molar-refractivity contribution in [2.75, 3.05) is 13.1 Å². The molecular formula is C17H22N4O. The Bertz CT molecular complexity index is 706. The van der Waals surface area contributed by atoms with Crippen molar-refractivity contribution in [1.29, 1.82) is 0 Å². The molecule has 22 heavy (non-hydrogen) atoms. The summed E-state index contributed by atoms with van der Waals surface area (Å²) in [5, 5.41) is 0. The molecule has 2 atom stereocenters. The number of aromatic nitrogens is 2. The number of fused-ring (bicyclic) bond motifs is 2. The Balaban J connectivity index is 1.74. The highest BCUT2D eigenvalue weighted by Crippen LogP contribution is 2.37. The summed E-state index contributed by atoms with van der Waals surface area (Å²) in [7, 11) is 0. The van der Waals surface area contributed by atoms with Gasteiger partial charge in [-0.3, -0.25) is 9.69 Å². The molecule has 4 rings (SSSR count). The molecule has 1 amide bonds. The summed E-state index contributed by atoms with van der Waals surface area (Å²) in [6.07, 6.45) is 6.28. The number of hydrogen-bond donors (Lipinski definition) is 2. The molecule has 0 bridgehead atoms. The largest absolute Gasteiger partial charge is 0.366 e. The molecule has 2 fully saturated rings. The van der Waals surface area contributed by atoms with E-state index in [0.717, 1.165) is 16.9 Å². The number of piperidine rings is 2. The summed E-state index contributed by atoms with van der Waals surface area (Å²) >= 11 is 0. The summed E-state index contributed by atoms with van der Waals surface area (Å²) in [6.45, 7) is 2.43. The first-order chi connectivity index (χ1) is 10.7. The molecular weight excluding hydrogens is 276 g/mol. The molecule has 0 saturated carbocycles. The van der Waals surface area contributed by atoms with Crippen molar-refractivity contribution in [3.05, 3.63) is 29.6 Å². The molecule has 116 valence electrons. The van der Waals surface area contributed by atoms with Gasteiger partial charge < -0.3 is 10.7 Å². The predicted molar refractivity (Wildman–Crippen MR) is 85.8 cm³/mol. The van der Waals surface area contributed by atoms with Crippen molar-refractivity contribution in [3.63, 3.8) is 0 Å². The Morgan fingerprint density at radius 2 is 2.09 bits per heavy atom. The standard InChI is InChI=1S/C17H22N4O/c18-16(22)12-5-3-7-13-15(12)20-17(19-13)11-6-4-10-21-9-2-1-8-14(11)21/h3,5,7,11,14H,1-2,4,6,8-10H2,(H2,18,22)(H,19,20). The summed E-state index contributed by atoms with van der Waals surface area (Å²) in [5.74, 6) is 1.06. The fourth-order valence-electron chi connectivity index (χ4n) is 4.20. The van der Waals surface area contributed by atoms with Gasteiger partial charge in [0.2, 0.25) is 0 Å². The van der Waals surface area contributed by atoms with Crippen molar-refractivity contribution in [2.24, 2.45) is 5.73 Å². The quantitative estimate of drug-likeness (QED) is 0.894. The number of para-hydroxylation sites is 1. The average molecular weight is 298 g/mol. The van der Waals surface area contributed by atoms with Crippen molar-refractivity contribution >= 4 is 16.9 Å². The molecule has 2 unspecified atom stereocenters. The number of carbonyl (C=O) groups excluding carboxylic acids is 1. The summed E-state index contributed by atoms with van der Waals surface area (Å²) in [6, 6.07) is 6.18. The van der Waals surface area contributed by atoms with Gasteiger partial charge in [-0.2, -0.15) is 0 Å². The number of aromatic amines is 1. The third-order valence-corrected chi connectivity index (χ3v) is 5.24. The van der Waals surface area contributed by atoms with Crippen LogP contribution >= 0.6 is 0 Å². The zero-order chi connectivity index (χ0) is 15.1. The number of benzene rings is 1. The van der Waals surface area contributed by atoms with Gasteiger partial charge in [0.25, 0.3) is 5.91 Å². The molecule has 0 radical (unpaired) electrons. The van der Waals surface area contributed by atoms with Crippen LogP contribution in [0.2, 0.25) is 0 Å². The number of H-pyrrole nitrogens is 1. The highest BCUT2D eigenvalue weighted by atomic mass is 16.1. The number of hydrogen-bond acceptors (Lipinski definition) is 3. The van der Waals surface area contributed by atoms with E-state index >= 15 is 0 Å². The number of carbonyl (C=O) groups is 1. The van der Waals surface area contributed by atoms with Crippen LogP contribution in [0.3, 0.4) is 0 Å². The van der Waals surface area contributed by atoms with Gasteiger partial charge in [0.15, 0.2) is 0 Å². The Morgan fingerprint density at radius 3 is 2.95 bits per heavy atom. The molecule has 0 spiro atoms. The van der Waals surface area contributed by atoms with Crippen LogP contribution in [0.5, 0.6) is 0 Å². The lowest BCUT2D eigenvalue weighted by molar-refractivity contribution is 0.0869. The van der Waals surface area contributed by atoms with E-state index in [1.165, 1.54) is 45.2 Å². The first-order valence-corrected chi connectivity index (χ1v) is 8.26. The highest BCUT2D eigenvalue weighted by molar-refractivity contribution is 6.04. The number of nitrogens with two attached hydrogens (primary N) is 1. The Labute approximate surface area is 129 Å². The van der Waals surface area contributed by atoms with E-state index in [-0.39, 0.29) is 0 Å². The summed E-state index contributed by atoms with van der Waals surface area (Å²) < 4.78 is 0. The maximum absolute atomic E-state index is 11.6. The minimum atomic E-state index is -0.411. The number of imidazole rings is 1. The lowest BCUT2D eigenvalue weighted by Crippen LogP contribution is -2.47. The smallest absolute Gasteiger partial charge is 0.250 e. The van der Waals surface area contributed by atoms with E-state index in [4.69, 9.17) is 10.7 Å². The minimum absolute atomic E-state index is 0.411. The van der Waals surface area contributed by atoms with Crippen LogP contribution in [-0.4, -0.2) is 39.9 Å². The molecule has 1 aromatic carbocycles. The number of rotatable bonds is 2. The van der Waals surface area contributed by atoms with Gasteiger partial charge in [0, 0.05) is 12.0 Å². The third kappa shape index (κ3) is 2.20. The van der Waals surface area contributed by atoms with Gasteiger partial charge in [-0.05, 0) is 50.9 Å². The zero-order valence-electron chi connectivity index (χ0n) is 12.7. The Kier molecular flexibility index (Phi) is 3.37. The molecule has 2 aliphatic heterocycles. The molecule has 2 aliphatic rings. The van der Waals surface area contributed by atoms with Crippen molar-refractivity contribution in [3.8, 4) is 0 Å². The molecule has 5 heteroatoms. The van der Waals surface area contributed by atoms with Crippen molar-refractivity contribution < 1.29 is 4.79 Å². The second kappa shape index (κ2) is 5.39. The van der Waals surface area contributed by atoms with Gasteiger partial charge >= 0.3 is 0 Å². The minimum Gasteiger partial charge on any atom is -0.366 e. The molecule has 3 N–H and O–H groups in total. The van der Waals surface area contributed by atoms with E-state index < -0.39 is 5.91 Å². The maximum atomic E-state index is 11.6. The van der Waals surface area contributed by atoms with Crippen LogP contribution in [0, 0.1) is 0 Å². The molecule has 3 heterocycles. The lowest BCUT2D eigenvalue weighted by atomic mass is 9.83. The average Bonchev–Trinajstić information content (AvgIpc) is 2.97.